The van der Waals surface area contributed by atoms with Gasteiger partial charge in [0, 0.05) is 29.8 Å². The van der Waals surface area contributed by atoms with Crippen LogP contribution in [0.4, 0.5) is 0 Å². The Morgan fingerprint density at radius 1 is 1.20 bits per heavy atom. The lowest BCUT2D eigenvalue weighted by molar-refractivity contribution is -0.128. The number of thioether (sulfide) groups is 1. The lowest BCUT2D eigenvalue weighted by Crippen LogP contribution is -2.46. The smallest absolute Gasteiger partial charge is 0.225 e. The van der Waals surface area contributed by atoms with Gasteiger partial charge in [0.25, 0.3) is 0 Å². The van der Waals surface area contributed by atoms with Crippen LogP contribution in [0.5, 0.6) is 0 Å². The molecule has 1 saturated carbocycles. The van der Waals surface area contributed by atoms with Gasteiger partial charge in [-0.15, -0.1) is 24.0 Å². The average molecular weight is 484 g/mol. The molecule has 0 aromatic carbocycles. The Labute approximate surface area is 175 Å². The minimum Gasteiger partial charge on any atom is -0.357 e. The maximum absolute atomic E-state index is 11.9. The molecular weight excluding hydrogens is 447 g/mol. The van der Waals surface area contributed by atoms with Crippen LogP contribution >= 0.6 is 35.7 Å². The van der Waals surface area contributed by atoms with Crippen molar-refractivity contribution in [1.82, 2.24) is 16.0 Å². The van der Waals surface area contributed by atoms with Crippen molar-refractivity contribution in [1.29, 1.82) is 0 Å². The molecule has 0 radical (unpaired) electrons. The molecule has 148 valence electrons. The van der Waals surface area contributed by atoms with Gasteiger partial charge < -0.3 is 16.0 Å². The maximum atomic E-state index is 11.9. The third-order valence-corrected chi connectivity index (χ3v) is 5.29. The number of amides is 1. The van der Waals surface area contributed by atoms with Crippen molar-refractivity contribution in [3.63, 3.8) is 0 Å². The van der Waals surface area contributed by atoms with Gasteiger partial charge in [-0.25, -0.2) is 0 Å². The minimum absolute atomic E-state index is 0. The molecule has 25 heavy (non-hydrogen) atoms. The summed E-state index contributed by atoms with van der Waals surface area (Å²) in [7, 11) is 0. The van der Waals surface area contributed by atoms with Crippen molar-refractivity contribution in [3.8, 4) is 0 Å². The molecule has 0 aromatic heterocycles. The van der Waals surface area contributed by atoms with Crippen molar-refractivity contribution in [3.05, 3.63) is 0 Å². The number of halogens is 1. The quantitative estimate of drug-likeness (QED) is 0.224. The number of nitrogens with one attached hydrogen (secondary N) is 3. The Kier molecular flexibility index (Phi) is 13.0. The molecule has 7 heteroatoms. The number of carbonyl (C=O) groups excluding carboxylic acids is 1. The van der Waals surface area contributed by atoms with E-state index in [2.05, 4.69) is 46.6 Å². The normalized spacial score (nSPS) is 21.2. The predicted octanol–water partition coefficient (Wildman–Crippen LogP) is 3.39. The van der Waals surface area contributed by atoms with Crippen LogP contribution in [0.25, 0.3) is 0 Å². The highest BCUT2D eigenvalue weighted by atomic mass is 127. The summed E-state index contributed by atoms with van der Waals surface area (Å²) in [5.74, 6) is 2.14. The van der Waals surface area contributed by atoms with Gasteiger partial charge >= 0.3 is 0 Å². The zero-order valence-electron chi connectivity index (χ0n) is 16.5. The second kappa shape index (κ2) is 13.1. The highest BCUT2D eigenvalue weighted by molar-refractivity contribution is 14.0. The summed E-state index contributed by atoms with van der Waals surface area (Å²) in [6, 6.07) is 0.504. The van der Waals surface area contributed by atoms with Gasteiger partial charge in [-0.05, 0) is 31.9 Å². The first kappa shape index (κ1) is 24.8. The SMILES string of the molecule is CCNC(=NCCNC(=O)C(C)(C)C)NC1CCCC(SCC)C1.I. The standard InChI is InChI=1S/C18H36N4OS.HI/c1-6-19-17(21-12-11-20-16(23)18(3,4)5)22-14-9-8-10-15(13-14)24-7-2;/h14-15H,6-13H2,1-5H3,(H,20,23)(H2,19,21,22);1H. The zero-order chi connectivity index (χ0) is 18.0. The van der Waals surface area contributed by atoms with Crippen LogP contribution in [0.1, 0.15) is 60.3 Å². The summed E-state index contributed by atoms with van der Waals surface area (Å²) in [5, 5.41) is 10.6. The molecule has 5 nitrogen and oxygen atoms in total. The van der Waals surface area contributed by atoms with Crippen LogP contribution < -0.4 is 16.0 Å². The van der Waals surface area contributed by atoms with E-state index < -0.39 is 0 Å². The van der Waals surface area contributed by atoms with Crippen molar-refractivity contribution < 1.29 is 4.79 Å². The highest BCUT2D eigenvalue weighted by Crippen LogP contribution is 2.28. The molecule has 1 rings (SSSR count). The van der Waals surface area contributed by atoms with Crippen LogP contribution in [0, 0.1) is 5.41 Å². The fraction of sp³-hybridized carbons (Fsp3) is 0.889. The highest BCUT2D eigenvalue weighted by Gasteiger charge is 2.22. The van der Waals surface area contributed by atoms with Crippen LogP contribution in [0.15, 0.2) is 4.99 Å². The third kappa shape index (κ3) is 10.5. The van der Waals surface area contributed by atoms with E-state index in [1.165, 1.54) is 31.4 Å². The first-order chi connectivity index (χ1) is 11.4. The van der Waals surface area contributed by atoms with E-state index in [9.17, 15) is 4.79 Å². The van der Waals surface area contributed by atoms with Crippen LogP contribution in [0.3, 0.4) is 0 Å². The second-order valence-electron chi connectivity index (χ2n) is 7.35. The van der Waals surface area contributed by atoms with E-state index in [-0.39, 0.29) is 35.3 Å². The van der Waals surface area contributed by atoms with Gasteiger partial charge in [-0.3, -0.25) is 9.79 Å². The topological polar surface area (TPSA) is 65.5 Å². The van der Waals surface area contributed by atoms with Crippen molar-refractivity contribution in [2.45, 2.75) is 71.6 Å². The predicted molar refractivity (Wildman–Crippen MR) is 121 cm³/mol. The number of nitrogens with zero attached hydrogens (tertiary/aromatic N) is 1. The lowest BCUT2D eigenvalue weighted by Gasteiger charge is -2.30. The van der Waals surface area contributed by atoms with E-state index in [0.29, 0.717) is 19.1 Å². The van der Waals surface area contributed by atoms with Crippen molar-refractivity contribution in [2.75, 3.05) is 25.4 Å². The molecule has 2 unspecified atom stereocenters. The number of guanidine groups is 1. The Bertz CT molecular complexity index is 410. The van der Waals surface area contributed by atoms with Gasteiger partial charge in [0.15, 0.2) is 5.96 Å². The van der Waals surface area contributed by atoms with Gasteiger partial charge in [-0.1, -0.05) is 34.1 Å². The van der Waals surface area contributed by atoms with E-state index >= 15 is 0 Å². The summed E-state index contributed by atoms with van der Waals surface area (Å²) in [4.78, 5) is 16.5. The minimum atomic E-state index is -0.347. The maximum Gasteiger partial charge on any atom is 0.225 e. The van der Waals surface area contributed by atoms with Crippen molar-refractivity contribution in [2.24, 2.45) is 10.4 Å². The van der Waals surface area contributed by atoms with E-state index in [1.807, 2.05) is 20.8 Å². The summed E-state index contributed by atoms with van der Waals surface area (Å²) < 4.78 is 0. The Morgan fingerprint density at radius 2 is 1.92 bits per heavy atom. The molecule has 1 fully saturated rings. The van der Waals surface area contributed by atoms with Gasteiger partial charge in [0.1, 0.15) is 0 Å². The van der Waals surface area contributed by atoms with Crippen LogP contribution in [0.2, 0.25) is 0 Å². The second-order valence-corrected chi connectivity index (χ2v) is 8.93. The largest absolute Gasteiger partial charge is 0.357 e. The van der Waals surface area contributed by atoms with E-state index in [1.54, 1.807) is 0 Å². The first-order valence-electron chi connectivity index (χ1n) is 9.31. The van der Waals surface area contributed by atoms with Crippen LogP contribution in [-0.4, -0.2) is 48.5 Å². The number of carbonyl (C=O) groups is 1. The molecule has 0 spiro atoms. The molecule has 2 atom stereocenters. The fourth-order valence-corrected chi connectivity index (χ4v) is 3.95. The Hall–Kier alpha value is -0.180. The Morgan fingerprint density at radius 3 is 2.52 bits per heavy atom. The molecule has 0 heterocycles. The van der Waals surface area contributed by atoms with Gasteiger partial charge in [0.2, 0.25) is 5.91 Å². The van der Waals surface area contributed by atoms with Crippen molar-refractivity contribution >= 4 is 47.6 Å². The molecule has 1 aliphatic carbocycles. The van der Waals surface area contributed by atoms with E-state index in [4.69, 9.17) is 0 Å². The zero-order valence-corrected chi connectivity index (χ0v) is 19.6. The average Bonchev–Trinajstić information content (AvgIpc) is 2.51. The summed E-state index contributed by atoms with van der Waals surface area (Å²) in [5.41, 5.74) is -0.347. The molecule has 0 aliphatic heterocycles. The molecular formula is C18H37IN4OS. The van der Waals surface area contributed by atoms with Crippen LogP contribution in [-0.2, 0) is 4.79 Å². The monoisotopic (exact) mass is 484 g/mol. The molecule has 1 aliphatic rings. The molecule has 3 N–H and O–H groups in total. The number of hydrogen-bond donors (Lipinski definition) is 3. The number of aliphatic imine (C=N–C) groups is 1. The molecule has 0 saturated heterocycles. The molecule has 0 bridgehead atoms. The first-order valence-corrected chi connectivity index (χ1v) is 10.4. The summed E-state index contributed by atoms with van der Waals surface area (Å²) >= 11 is 2.08. The van der Waals surface area contributed by atoms with Gasteiger partial charge in [-0.2, -0.15) is 11.8 Å². The Balaban J connectivity index is 0.00000576. The summed E-state index contributed by atoms with van der Waals surface area (Å²) in [6.45, 7) is 12.1. The third-order valence-electron chi connectivity index (χ3n) is 4.06. The van der Waals surface area contributed by atoms with E-state index in [0.717, 1.165) is 17.8 Å². The summed E-state index contributed by atoms with van der Waals surface area (Å²) in [6.07, 6.45) is 5.05. The van der Waals surface area contributed by atoms with Gasteiger partial charge in [0.05, 0.1) is 6.54 Å². The fourth-order valence-electron chi connectivity index (χ4n) is 2.78. The molecule has 0 aromatic rings. The number of hydrogen-bond acceptors (Lipinski definition) is 3. The number of rotatable bonds is 7. The lowest BCUT2D eigenvalue weighted by atomic mass is 9.95. The molecule has 1 amide bonds.